The van der Waals surface area contributed by atoms with Crippen molar-refractivity contribution in [2.75, 3.05) is 13.2 Å². The van der Waals surface area contributed by atoms with E-state index in [1.807, 2.05) is 0 Å². The van der Waals surface area contributed by atoms with Gasteiger partial charge < -0.3 is 5.11 Å². The first kappa shape index (κ1) is 8.52. The van der Waals surface area contributed by atoms with Crippen molar-refractivity contribution in [2.24, 2.45) is 5.92 Å². The molecule has 0 aromatic rings. The Morgan fingerprint density at radius 3 is 2.67 bits per heavy atom. The van der Waals surface area contributed by atoms with Gasteiger partial charge in [0, 0.05) is 25.2 Å². The molecule has 0 spiro atoms. The largest absolute Gasteiger partial charge is 0.396 e. The van der Waals surface area contributed by atoms with E-state index in [2.05, 4.69) is 11.8 Å². The second-order valence-corrected chi connectivity index (χ2v) is 4.32. The quantitative estimate of drug-likeness (QED) is 0.672. The molecule has 2 nitrogen and oxygen atoms in total. The Labute approximate surface area is 74.6 Å². The van der Waals surface area contributed by atoms with Crippen LogP contribution in [0, 0.1) is 5.92 Å². The lowest BCUT2D eigenvalue weighted by Gasteiger charge is -2.45. The van der Waals surface area contributed by atoms with E-state index in [0.29, 0.717) is 18.6 Å². The van der Waals surface area contributed by atoms with Gasteiger partial charge in [-0.3, -0.25) is 4.90 Å². The molecule has 2 aliphatic rings. The number of hydrogen-bond acceptors (Lipinski definition) is 2. The zero-order chi connectivity index (χ0) is 8.55. The van der Waals surface area contributed by atoms with Crippen LogP contribution in [0.4, 0.5) is 0 Å². The summed E-state index contributed by atoms with van der Waals surface area (Å²) in [4.78, 5) is 2.58. The molecule has 0 radical (unpaired) electrons. The van der Waals surface area contributed by atoms with E-state index in [1.165, 1.54) is 32.2 Å². The summed E-state index contributed by atoms with van der Waals surface area (Å²) in [6.45, 7) is 3.96. The van der Waals surface area contributed by atoms with Gasteiger partial charge in [0.25, 0.3) is 0 Å². The molecule has 0 aromatic carbocycles. The highest BCUT2D eigenvalue weighted by Gasteiger charge is 2.37. The number of hydrogen-bond donors (Lipinski definition) is 1. The maximum absolute atomic E-state index is 9.16. The highest BCUT2D eigenvalue weighted by Crippen LogP contribution is 2.34. The van der Waals surface area contributed by atoms with Crippen LogP contribution in [-0.4, -0.2) is 35.2 Å². The average Bonchev–Trinajstić information content (AvgIpc) is 2.50. The molecule has 0 aromatic heterocycles. The molecule has 0 amide bonds. The van der Waals surface area contributed by atoms with Crippen molar-refractivity contribution < 1.29 is 5.11 Å². The molecule has 1 N–H and O–H groups in total. The number of aliphatic hydroxyl groups is 1. The van der Waals surface area contributed by atoms with Crippen LogP contribution in [-0.2, 0) is 0 Å². The first-order valence-corrected chi connectivity index (χ1v) is 5.19. The lowest BCUT2D eigenvalue weighted by Crippen LogP contribution is -2.53. The van der Waals surface area contributed by atoms with E-state index in [4.69, 9.17) is 5.11 Å². The Morgan fingerprint density at radius 2 is 2.17 bits per heavy atom. The standard InChI is InChI=1S/C10H19NO/c1-8-5-6-11(8)10-4-2-3-9(10)7-12/h8-10,12H,2-7H2,1H3/t8?,9-,10-/m1/s1. The van der Waals surface area contributed by atoms with Crippen molar-refractivity contribution in [3.8, 4) is 0 Å². The molecule has 70 valence electrons. The third-order valence-corrected chi connectivity index (χ3v) is 3.65. The average molecular weight is 169 g/mol. The summed E-state index contributed by atoms with van der Waals surface area (Å²) in [7, 11) is 0. The fourth-order valence-corrected chi connectivity index (χ4v) is 2.70. The molecule has 1 aliphatic heterocycles. The molecule has 1 aliphatic carbocycles. The van der Waals surface area contributed by atoms with Crippen LogP contribution in [0.1, 0.15) is 32.6 Å². The van der Waals surface area contributed by atoms with Crippen molar-refractivity contribution in [2.45, 2.75) is 44.7 Å². The number of rotatable bonds is 2. The molecule has 2 rings (SSSR count). The van der Waals surface area contributed by atoms with E-state index >= 15 is 0 Å². The molecule has 1 unspecified atom stereocenters. The van der Waals surface area contributed by atoms with E-state index in [9.17, 15) is 0 Å². The lowest BCUT2D eigenvalue weighted by molar-refractivity contribution is 0.0205. The van der Waals surface area contributed by atoms with Gasteiger partial charge in [0.15, 0.2) is 0 Å². The predicted molar refractivity (Wildman–Crippen MR) is 49.0 cm³/mol. The van der Waals surface area contributed by atoms with Crippen molar-refractivity contribution >= 4 is 0 Å². The minimum absolute atomic E-state index is 0.397. The summed E-state index contributed by atoms with van der Waals surface area (Å²) in [5, 5.41) is 9.16. The van der Waals surface area contributed by atoms with Crippen LogP contribution in [0.15, 0.2) is 0 Å². The van der Waals surface area contributed by atoms with Crippen LogP contribution in [0.3, 0.4) is 0 Å². The fraction of sp³-hybridized carbons (Fsp3) is 1.00. The SMILES string of the molecule is CC1CCN1[C@@H]1CCC[C@@H]1CO. The third kappa shape index (κ3) is 1.27. The molecule has 3 atom stereocenters. The third-order valence-electron chi connectivity index (χ3n) is 3.65. The Hall–Kier alpha value is -0.0800. The van der Waals surface area contributed by atoms with Gasteiger partial charge in [-0.05, 0) is 32.1 Å². The number of aliphatic hydroxyl groups excluding tert-OH is 1. The summed E-state index contributed by atoms with van der Waals surface area (Å²) in [5.41, 5.74) is 0. The van der Waals surface area contributed by atoms with Crippen LogP contribution in [0.2, 0.25) is 0 Å². The molecule has 1 saturated heterocycles. The first-order chi connectivity index (χ1) is 5.83. The Bertz CT molecular complexity index is 160. The summed E-state index contributed by atoms with van der Waals surface area (Å²) in [5.74, 6) is 0.577. The highest BCUT2D eigenvalue weighted by atomic mass is 16.3. The van der Waals surface area contributed by atoms with Crippen LogP contribution < -0.4 is 0 Å². The molecule has 1 heterocycles. The topological polar surface area (TPSA) is 23.5 Å². The molecular weight excluding hydrogens is 150 g/mol. The monoisotopic (exact) mass is 169 g/mol. The molecule has 2 heteroatoms. The van der Waals surface area contributed by atoms with Gasteiger partial charge in [-0.15, -0.1) is 0 Å². The van der Waals surface area contributed by atoms with Gasteiger partial charge in [0.05, 0.1) is 0 Å². The van der Waals surface area contributed by atoms with Gasteiger partial charge in [0.2, 0.25) is 0 Å². The highest BCUT2D eigenvalue weighted by molar-refractivity contribution is 4.92. The van der Waals surface area contributed by atoms with Crippen LogP contribution in [0.25, 0.3) is 0 Å². The molecule has 1 saturated carbocycles. The van der Waals surface area contributed by atoms with Crippen molar-refractivity contribution in [1.82, 2.24) is 4.90 Å². The second-order valence-electron chi connectivity index (χ2n) is 4.32. The van der Waals surface area contributed by atoms with Crippen LogP contribution >= 0.6 is 0 Å². The normalized spacial score (nSPS) is 43.0. The molecule has 2 fully saturated rings. The summed E-state index contributed by atoms with van der Waals surface area (Å²) < 4.78 is 0. The van der Waals surface area contributed by atoms with Gasteiger partial charge in [-0.2, -0.15) is 0 Å². The Morgan fingerprint density at radius 1 is 1.33 bits per heavy atom. The Balaban J connectivity index is 1.93. The molecule has 0 bridgehead atoms. The van der Waals surface area contributed by atoms with E-state index in [0.717, 1.165) is 6.04 Å². The molecule has 12 heavy (non-hydrogen) atoms. The van der Waals surface area contributed by atoms with Crippen molar-refractivity contribution in [1.29, 1.82) is 0 Å². The van der Waals surface area contributed by atoms with Crippen LogP contribution in [0.5, 0.6) is 0 Å². The second kappa shape index (κ2) is 3.35. The van der Waals surface area contributed by atoms with Gasteiger partial charge >= 0.3 is 0 Å². The lowest BCUT2D eigenvalue weighted by atomic mass is 9.95. The van der Waals surface area contributed by atoms with Gasteiger partial charge in [-0.25, -0.2) is 0 Å². The molecular formula is C10H19NO. The summed E-state index contributed by atoms with van der Waals surface area (Å²) >= 11 is 0. The van der Waals surface area contributed by atoms with Crippen molar-refractivity contribution in [3.63, 3.8) is 0 Å². The first-order valence-electron chi connectivity index (χ1n) is 5.19. The zero-order valence-corrected chi connectivity index (χ0v) is 7.87. The summed E-state index contributed by atoms with van der Waals surface area (Å²) in [6, 6.07) is 1.49. The van der Waals surface area contributed by atoms with E-state index in [1.54, 1.807) is 0 Å². The minimum Gasteiger partial charge on any atom is -0.396 e. The maximum atomic E-state index is 9.16. The number of likely N-dealkylation sites (tertiary alicyclic amines) is 1. The van der Waals surface area contributed by atoms with Crippen molar-refractivity contribution in [3.05, 3.63) is 0 Å². The van der Waals surface area contributed by atoms with Gasteiger partial charge in [0.1, 0.15) is 0 Å². The van der Waals surface area contributed by atoms with E-state index in [-0.39, 0.29) is 0 Å². The fourth-order valence-electron chi connectivity index (χ4n) is 2.70. The number of nitrogens with zero attached hydrogens (tertiary/aromatic N) is 1. The predicted octanol–water partition coefficient (Wildman–Crippen LogP) is 1.24. The summed E-state index contributed by atoms with van der Waals surface area (Å²) in [6.07, 6.45) is 5.23. The van der Waals surface area contributed by atoms with E-state index < -0.39 is 0 Å². The zero-order valence-electron chi connectivity index (χ0n) is 7.87. The minimum atomic E-state index is 0.397. The van der Waals surface area contributed by atoms with Gasteiger partial charge in [-0.1, -0.05) is 6.42 Å². The smallest absolute Gasteiger partial charge is 0.0474 e. The maximum Gasteiger partial charge on any atom is 0.0474 e. The Kier molecular flexibility index (Phi) is 2.37.